The van der Waals surface area contributed by atoms with E-state index in [1.165, 1.54) is 0 Å². The quantitative estimate of drug-likeness (QED) is 0.460. The standard InChI is InChI=1S/C23H15N7/c1-2-8-26-18(3-1)16-12-25-13-21-15(16)11-20(27-21)23-22-19(29-30-23)5-4-17(28-22)14-6-9-24-10-7-14/h1-13,27H,(H,29,30). The first-order chi connectivity index (χ1) is 14.9. The van der Waals surface area contributed by atoms with Crippen LogP contribution in [0.3, 0.4) is 0 Å². The second kappa shape index (κ2) is 6.59. The van der Waals surface area contributed by atoms with E-state index in [0.717, 1.165) is 55.8 Å². The SMILES string of the molecule is c1ccc(-c2cncc3[nH]c(-c4n[nH]c5ccc(-c6ccncc6)nc45)cc23)nc1. The lowest BCUT2D eigenvalue weighted by molar-refractivity contribution is 1.12. The van der Waals surface area contributed by atoms with E-state index >= 15 is 0 Å². The van der Waals surface area contributed by atoms with Crippen LogP contribution in [-0.4, -0.2) is 35.1 Å². The van der Waals surface area contributed by atoms with Crippen LogP contribution in [0.25, 0.3) is 55.8 Å². The van der Waals surface area contributed by atoms with E-state index in [2.05, 4.69) is 36.2 Å². The van der Waals surface area contributed by atoms with Gasteiger partial charge in [0, 0.05) is 41.3 Å². The molecule has 6 aromatic rings. The molecule has 0 unspecified atom stereocenters. The van der Waals surface area contributed by atoms with E-state index in [1.807, 2.05) is 54.9 Å². The molecule has 0 bridgehead atoms. The van der Waals surface area contributed by atoms with Crippen molar-refractivity contribution in [1.29, 1.82) is 0 Å². The molecule has 6 aromatic heterocycles. The number of fused-ring (bicyclic) bond motifs is 2. The molecule has 0 saturated carbocycles. The van der Waals surface area contributed by atoms with Crippen molar-refractivity contribution in [2.24, 2.45) is 0 Å². The average molecular weight is 389 g/mol. The number of nitrogens with one attached hydrogen (secondary N) is 2. The highest BCUT2D eigenvalue weighted by atomic mass is 15.1. The first-order valence-electron chi connectivity index (χ1n) is 9.51. The summed E-state index contributed by atoms with van der Waals surface area (Å²) in [5, 5.41) is 8.66. The summed E-state index contributed by atoms with van der Waals surface area (Å²) in [7, 11) is 0. The summed E-state index contributed by atoms with van der Waals surface area (Å²) in [6, 6.07) is 15.8. The molecule has 0 spiro atoms. The van der Waals surface area contributed by atoms with Gasteiger partial charge in [0.05, 0.1) is 34.3 Å². The van der Waals surface area contributed by atoms with Crippen LogP contribution in [0.1, 0.15) is 0 Å². The van der Waals surface area contributed by atoms with E-state index in [0.29, 0.717) is 0 Å². The molecule has 6 heterocycles. The first-order valence-corrected chi connectivity index (χ1v) is 9.51. The molecular formula is C23H15N7. The van der Waals surface area contributed by atoms with Gasteiger partial charge in [0.2, 0.25) is 0 Å². The van der Waals surface area contributed by atoms with Crippen LogP contribution in [0.5, 0.6) is 0 Å². The molecule has 0 fully saturated rings. The van der Waals surface area contributed by atoms with Crippen LogP contribution in [0.15, 0.2) is 79.5 Å². The molecular weight excluding hydrogens is 374 g/mol. The van der Waals surface area contributed by atoms with Crippen molar-refractivity contribution in [3.8, 4) is 33.9 Å². The van der Waals surface area contributed by atoms with Crippen molar-refractivity contribution in [3.05, 3.63) is 79.5 Å². The summed E-state index contributed by atoms with van der Waals surface area (Å²) in [4.78, 5) is 21.2. The number of aromatic amines is 2. The molecule has 0 radical (unpaired) electrons. The van der Waals surface area contributed by atoms with Crippen LogP contribution in [0, 0.1) is 0 Å². The fraction of sp³-hybridized carbons (Fsp3) is 0. The minimum atomic E-state index is 0.768. The highest BCUT2D eigenvalue weighted by Crippen LogP contribution is 2.32. The highest BCUT2D eigenvalue weighted by Gasteiger charge is 2.15. The molecule has 30 heavy (non-hydrogen) atoms. The molecule has 0 aliphatic heterocycles. The summed E-state index contributed by atoms with van der Waals surface area (Å²) in [6.07, 6.45) is 8.97. The molecule has 6 rings (SSSR count). The Morgan fingerprint density at radius 2 is 1.70 bits per heavy atom. The van der Waals surface area contributed by atoms with Crippen molar-refractivity contribution in [1.82, 2.24) is 35.1 Å². The first kappa shape index (κ1) is 16.6. The van der Waals surface area contributed by atoms with Gasteiger partial charge in [-0.2, -0.15) is 5.10 Å². The van der Waals surface area contributed by atoms with Crippen molar-refractivity contribution in [3.63, 3.8) is 0 Å². The monoisotopic (exact) mass is 389 g/mol. The summed E-state index contributed by atoms with van der Waals surface area (Å²) in [6.45, 7) is 0. The molecule has 2 N–H and O–H groups in total. The van der Waals surface area contributed by atoms with Gasteiger partial charge in [-0.05, 0) is 42.5 Å². The van der Waals surface area contributed by atoms with Gasteiger partial charge in [-0.3, -0.25) is 20.1 Å². The van der Waals surface area contributed by atoms with Crippen LogP contribution < -0.4 is 0 Å². The van der Waals surface area contributed by atoms with Crippen molar-refractivity contribution in [2.45, 2.75) is 0 Å². The molecule has 7 heteroatoms. The molecule has 142 valence electrons. The zero-order valence-corrected chi connectivity index (χ0v) is 15.7. The topological polar surface area (TPSA) is 96.0 Å². The number of hydrogen-bond acceptors (Lipinski definition) is 5. The Kier molecular flexibility index (Phi) is 3.64. The normalized spacial score (nSPS) is 11.3. The Morgan fingerprint density at radius 1 is 0.767 bits per heavy atom. The molecule has 0 aromatic carbocycles. The van der Waals surface area contributed by atoms with Gasteiger partial charge in [-0.25, -0.2) is 4.98 Å². The summed E-state index contributed by atoms with van der Waals surface area (Å²) < 4.78 is 0. The van der Waals surface area contributed by atoms with Crippen LogP contribution in [-0.2, 0) is 0 Å². The van der Waals surface area contributed by atoms with E-state index in [4.69, 9.17) is 4.98 Å². The predicted octanol–water partition coefficient (Wildman–Crippen LogP) is 4.63. The van der Waals surface area contributed by atoms with Crippen molar-refractivity contribution >= 4 is 21.9 Å². The maximum atomic E-state index is 4.86. The number of hydrogen-bond donors (Lipinski definition) is 2. The van der Waals surface area contributed by atoms with Crippen LogP contribution in [0.4, 0.5) is 0 Å². The fourth-order valence-corrected chi connectivity index (χ4v) is 3.68. The van der Waals surface area contributed by atoms with E-state index < -0.39 is 0 Å². The molecule has 7 nitrogen and oxygen atoms in total. The minimum Gasteiger partial charge on any atom is -0.352 e. The third-order valence-corrected chi connectivity index (χ3v) is 5.13. The predicted molar refractivity (Wildman–Crippen MR) is 115 cm³/mol. The van der Waals surface area contributed by atoms with Gasteiger partial charge in [-0.15, -0.1) is 0 Å². The number of rotatable bonds is 3. The molecule has 0 aliphatic carbocycles. The van der Waals surface area contributed by atoms with Crippen molar-refractivity contribution < 1.29 is 0 Å². The van der Waals surface area contributed by atoms with E-state index in [-0.39, 0.29) is 0 Å². The number of nitrogens with zero attached hydrogens (tertiary/aromatic N) is 5. The Hall–Kier alpha value is -4.39. The smallest absolute Gasteiger partial charge is 0.135 e. The largest absolute Gasteiger partial charge is 0.352 e. The molecule has 0 amide bonds. The van der Waals surface area contributed by atoms with Gasteiger partial charge in [-0.1, -0.05) is 6.07 Å². The molecule has 0 saturated heterocycles. The third kappa shape index (κ3) is 2.64. The maximum Gasteiger partial charge on any atom is 0.135 e. The maximum absolute atomic E-state index is 4.86. The molecule has 0 atom stereocenters. The second-order valence-electron chi connectivity index (χ2n) is 6.95. The van der Waals surface area contributed by atoms with Crippen LogP contribution >= 0.6 is 0 Å². The summed E-state index contributed by atoms with van der Waals surface area (Å²) >= 11 is 0. The third-order valence-electron chi connectivity index (χ3n) is 5.13. The lowest BCUT2D eigenvalue weighted by atomic mass is 10.1. The Balaban J connectivity index is 1.52. The van der Waals surface area contributed by atoms with Gasteiger partial charge in [0.1, 0.15) is 11.2 Å². The van der Waals surface area contributed by atoms with Gasteiger partial charge < -0.3 is 4.98 Å². The van der Waals surface area contributed by atoms with E-state index in [9.17, 15) is 0 Å². The van der Waals surface area contributed by atoms with E-state index in [1.54, 1.807) is 18.6 Å². The van der Waals surface area contributed by atoms with Crippen LogP contribution in [0.2, 0.25) is 0 Å². The van der Waals surface area contributed by atoms with Gasteiger partial charge in [0.15, 0.2) is 0 Å². The van der Waals surface area contributed by atoms with Gasteiger partial charge >= 0.3 is 0 Å². The number of aromatic nitrogens is 7. The minimum absolute atomic E-state index is 0.768. The summed E-state index contributed by atoms with van der Waals surface area (Å²) in [5.74, 6) is 0. The Bertz CT molecular complexity index is 1480. The second-order valence-corrected chi connectivity index (χ2v) is 6.95. The molecule has 0 aliphatic rings. The number of H-pyrrole nitrogens is 2. The lowest BCUT2D eigenvalue weighted by Gasteiger charge is -2.01. The van der Waals surface area contributed by atoms with Gasteiger partial charge in [0.25, 0.3) is 0 Å². The zero-order chi connectivity index (χ0) is 19.9. The lowest BCUT2D eigenvalue weighted by Crippen LogP contribution is -1.86. The number of pyridine rings is 4. The Morgan fingerprint density at radius 3 is 2.57 bits per heavy atom. The van der Waals surface area contributed by atoms with Crippen molar-refractivity contribution in [2.75, 3.05) is 0 Å². The highest BCUT2D eigenvalue weighted by molar-refractivity contribution is 5.99. The zero-order valence-electron chi connectivity index (χ0n) is 15.7. The summed E-state index contributed by atoms with van der Waals surface area (Å²) in [5.41, 5.74) is 8.00. The average Bonchev–Trinajstić information content (AvgIpc) is 3.43. The Labute approximate surface area is 170 Å². The fourth-order valence-electron chi connectivity index (χ4n) is 3.68.